The van der Waals surface area contributed by atoms with Crippen molar-refractivity contribution in [1.82, 2.24) is 9.55 Å². The lowest BCUT2D eigenvalue weighted by Gasteiger charge is -2.35. The molecule has 7 heteroatoms. The molecule has 2 unspecified atom stereocenters. The highest BCUT2D eigenvalue weighted by Gasteiger charge is 2.46. The van der Waals surface area contributed by atoms with E-state index in [2.05, 4.69) is 4.98 Å². The van der Waals surface area contributed by atoms with Gasteiger partial charge in [0.1, 0.15) is 11.9 Å². The fraction of sp³-hybridized carbons (Fsp3) is 0.571. The zero-order valence-corrected chi connectivity index (χ0v) is 12.2. The molecule has 1 aromatic rings. The van der Waals surface area contributed by atoms with Crippen molar-refractivity contribution < 1.29 is 14.6 Å². The molecule has 116 valence electrons. The number of halogens is 1. The summed E-state index contributed by atoms with van der Waals surface area (Å²) in [6.45, 7) is 3.96. The zero-order chi connectivity index (χ0) is 16.4. The van der Waals surface area contributed by atoms with Crippen molar-refractivity contribution in [3.05, 3.63) is 22.2 Å². The number of hydrogen-bond donors (Lipinski definition) is 3. The van der Waals surface area contributed by atoms with Crippen molar-refractivity contribution in [1.29, 1.82) is 0 Å². The standard InChI is InChI=1S/C14H20FN3O3/c1-5-14(15,12(20)8(2)7-19)10(4)18-9(3)6-11(16)17-13(18)21/h1,6,8,10,12,19-20H,7H2,2-4H3,(H2,16,17,21)/t8-,10-,12?,14?/m1/s1. The van der Waals surface area contributed by atoms with Crippen LogP contribution in [0.1, 0.15) is 25.6 Å². The van der Waals surface area contributed by atoms with Gasteiger partial charge in [0.05, 0.1) is 6.04 Å². The Morgan fingerprint density at radius 3 is 2.62 bits per heavy atom. The number of nitrogens with two attached hydrogens (primary N) is 1. The fourth-order valence-corrected chi connectivity index (χ4v) is 2.26. The molecule has 0 bridgehead atoms. The van der Waals surface area contributed by atoms with Gasteiger partial charge in [0, 0.05) is 18.2 Å². The predicted octanol–water partition coefficient (Wildman–Crippen LogP) is 0.0257. The normalized spacial score (nSPS) is 18.3. The summed E-state index contributed by atoms with van der Waals surface area (Å²) in [6.07, 6.45) is 3.61. The summed E-state index contributed by atoms with van der Waals surface area (Å²) in [5.41, 5.74) is 2.55. The van der Waals surface area contributed by atoms with Crippen LogP contribution in [0, 0.1) is 25.2 Å². The average molecular weight is 297 g/mol. The Balaban J connectivity index is 3.37. The minimum absolute atomic E-state index is 0.0235. The number of nitrogens with zero attached hydrogens (tertiary/aromatic N) is 2. The molecule has 0 radical (unpaired) electrons. The van der Waals surface area contributed by atoms with Gasteiger partial charge < -0.3 is 15.9 Å². The van der Waals surface area contributed by atoms with Crippen molar-refractivity contribution in [2.45, 2.75) is 38.6 Å². The van der Waals surface area contributed by atoms with E-state index >= 15 is 4.39 Å². The maximum absolute atomic E-state index is 15.1. The molecule has 4 atom stereocenters. The SMILES string of the molecule is C#CC(F)(C(O)[C@H](C)CO)[C@@H](C)n1c(C)cc(N)nc1=O. The Morgan fingerprint density at radius 1 is 1.62 bits per heavy atom. The first-order valence-electron chi connectivity index (χ1n) is 6.50. The van der Waals surface area contributed by atoms with Gasteiger partial charge in [-0.05, 0) is 19.9 Å². The molecule has 1 aromatic heterocycles. The zero-order valence-electron chi connectivity index (χ0n) is 12.2. The lowest BCUT2D eigenvalue weighted by molar-refractivity contribution is -0.0447. The minimum Gasteiger partial charge on any atom is -0.396 e. The number of terminal acetylenes is 1. The van der Waals surface area contributed by atoms with Crippen LogP contribution in [0.2, 0.25) is 0 Å². The number of nitrogen functional groups attached to an aromatic ring is 1. The van der Waals surface area contributed by atoms with E-state index in [1.165, 1.54) is 19.9 Å². The van der Waals surface area contributed by atoms with Gasteiger partial charge in [-0.1, -0.05) is 12.8 Å². The lowest BCUT2D eigenvalue weighted by Crippen LogP contribution is -2.50. The van der Waals surface area contributed by atoms with Crippen LogP contribution in [0.15, 0.2) is 10.9 Å². The smallest absolute Gasteiger partial charge is 0.350 e. The number of rotatable bonds is 5. The summed E-state index contributed by atoms with van der Waals surface area (Å²) >= 11 is 0. The van der Waals surface area contributed by atoms with E-state index in [1.54, 1.807) is 6.92 Å². The molecule has 0 saturated heterocycles. The van der Waals surface area contributed by atoms with Gasteiger partial charge in [-0.2, -0.15) is 4.98 Å². The molecule has 0 saturated carbocycles. The summed E-state index contributed by atoms with van der Waals surface area (Å²) in [5, 5.41) is 19.1. The van der Waals surface area contributed by atoms with Crippen molar-refractivity contribution >= 4 is 5.82 Å². The Morgan fingerprint density at radius 2 is 2.19 bits per heavy atom. The molecule has 6 nitrogen and oxygen atoms in total. The van der Waals surface area contributed by atoms with Crippen molar-refractivity contribution in [2.24, 2.45) is 5.92 Å². The van der Waals surface area contributed by atoms with Crippen LogP contribution in [0.4, 0.5) is 10.2 Å². The van der Waals surface area contributed by atoms with Crippen LogP contribution in [-0.4, -0.2) is 38.1 Å². The third-order valence-electron chi connectivity index (χ3n) is 3.64. The summed E-state index contributed by atoms with van der Waals surface area (Å²) in [7, 11) is 0. The summed E-state index contributed by atoms with van der Waals surface area (Å²) in [5.74, 6) is 1.15. The molecule has 0 aliphatic heterocycles. The van der Waals surface area contributed by atoms with Gasteiger partial charge in [0.2, 0.25) is 5.67 Å². The number of aromatic nitrogens is 2. The van der Waals surface area contributed by atoms with E-state index in [1.807, 2.05) is 5.92 Å². The molecule has 0 aromatic carbocycles. The first-order valence-corrected chi connectivity index (χ1v) is 6.50. The van der Waals surface area contributed by atoms with E-state index in [9.17, 15) is 9.90 Å². The van der Waals surface area contributed by atoms with Gasteiger partial charge in [0.15, 0.2) is 0 Å². The Kier molecular flexibility index (Phi) is 5.10. The number of hydrogen-bond acceptors (Lipinski definition) is 5. The number of aryl methyl sites for hydroxylation is 1. The molecule has 1 rings (SSSR count). The molecule has 0 aliphatic rings. The summed E-state index contributed by atoms with van der Waals surface area (Å²) in [6, 6.07) is 0.239. The van der Waals surface area contributed by atoms with E-state index in [0.717, 1.165) is 4.57 Å². The molecule has 0 fully saturated rings. The van der Waals surface area contributed by atoms with Crippen molar-refractivity contribution in [3.63, 3.8) is 0 Å². The molecule has 21 heavy (non-hydrogen) atoms. The second-order valence-electron chi connectivity index (χ2n) is 5.17. The Hall–Kier alpha value is -1.91. The number of aliphatic hydroxyl groups is 2. The maximum atomic E-state index is 15.1. The third-order valence-corrected chi connectivity index (χ3v) is 3.64. The Bertz CT molecular complexity index is 610. The van der Waals surface area contributed by atoms with Crippen molar-refractivity contribution in [3.8, 4) is 12.3 Å². The highest BCUT2D eigenvalue weighted by atomic mass is 19.1. The average Bonchev–Trinajstić information content (AvgIpc) is 2.43. The van der Waals surface area contributed by atoms with Gasteiger partial charge >= 0.3 is 5.69 Å². The second kappa shape index (κ2) is 6.24. The first-order chi connectivity index (χ1) is 9.68. The topological polar surface area (TPSA) is 101 Å². The molecule has 4 N–H and O–H groups in total. The molecular formula is C14H20FN3O3. The van der Waals surface area contributed by atoms with Gasteiger partial charge in [0.25, 0.3) is 0 Å². The van der Waals surface area contributed by atoms with Crippen LogP contribution in [0.25, 0.3) is 0 Å². The Labute approximate surface area is 122 Å². The number of aliphatic hydroxyl groups excluding tert-OH is 2. The molecular weight excluding hydrogens is 277 g/mol. The summed E-state index contributed by atoms with van der Waals surface area (Å²) in [4.78, 5) is 15.5. The van der Waals surface area contributed by atoms with Crippen LogP contribution < -0.4 is 11.4 Å². The molecule has 0 amide bonds. The highest BCUT2D eigenvalue weighted by molar-refractivity contribution is 5.29. The predicted molar refractivity (Wildman–Crippen MR) is 77.3 cm³/mol. The minimum atomic E-state index is -2.53. The monoisotopic (exact) mass is 297 g/mol. The van der Waals surface area contributed by atoms with E-state index in [0.29, 0.717) is 5.69 Å². The van der Waals surface area contributed by atoms with Gasteiger partial charge in [-0.15, -0.1) is 6.42 Å². The summed E-state index contributed by atoms with van der Waals surface area (Å²) < 4.78 is 16.1. The van der Waals surface area contributed by atoms with E-state index < -0.39 is 36.0 Å². The second-order valence-corrected chi connectivity index (χ2v) is 5.17. The highest BCUT2D eigenvalue weighted by Crippen LogP contribution is 2.33. The van der Waals surface area contributed by atoms with Crippen LogP contribution in [-0.2, 0) is 0 Å². The van der Waals surface area contributed by atoms with Crippen molar-refractivity contribution in [2.75, 3.05) is 12.3 Å². The van der Waals surface area contributed by atoms with Gasteiger partial charge in [-0.3, -0.25) is 4.57 Å². The van der Waals surface area contributed by atoms with E-state index in [4.69, 9.17) is 17.3 Å². The fourth-order valence-electron chi connectivity index (χ4n) is 2.26. The van der Waals surface area contributed by atoms with Crippen LogP contribution >= 0.6 is 0 Å². The number of anilines is 1. The maximum Gasteiger partial charge on any atom is 0.350 e. The molecule has 0 spiro atoms. The number of alkyl halides is 1. The largest absolute Gasteiger partial charge is 0.396 e. The molecule has 1 heterocycles. The van der Waals surface area contributed by atoms with Crippen LogP contribution in [0.3, 0.4) is 0 Å². The third kappa shape index (κ3) is 3.06. The quantitative estimate of drug-likeness (QED) is 0.665. The van der Waals surface area contributed by atoms with Gasteiger partial charge in [-0.25, -0.2) is 9.18 Å². The van der Waals surface area contributed by atoms with Crippen LogP contribution in [0.5, 0.6) is 0 Å². The lowest BCUT2D eigenvalue weighted by atomic mass is 9.84. The molecule has 0 aliphatic carbocycles. The first kappa shape index (κ1) is 17.1. The van der Waals surface area contributed by atoms with E-state index in [-0.39, 0.29) is 5.82 Å².